The van der Waals surface area contributed by atoms with Crippen LogP contribution in [0.1, 0.15) is 45.4 Å². The summed E-state index contributed by atoms with van der Waals surface area (Å²) in [5.41, 5.74) is 0. The van der Waals surface area contributed by atoms with Crippen LogP contribution in [0.4, 0.5) is 0 Å². The van der Waals surface area contributed by atoms with Crippen LogP contribution in [0, 0.1) is 0 Å². The Morgan fingerprint density at radius 1 is 1.40 bits per heavy atom. The third-order valence-electron chi connectivity index (χ3n) is 1.98. The highest BCUT2D eigenvalue weighted by atomic mass is 33.1. The molecular weight excluding hydrogens is 226 g/mol. The van der Waals surface area contributed by atoms with E-state index < -0.39 is 0 Å². The smallest absolute Gasteiger partial charge is 0.223 e. The van der Waals surface area contributed by atoms with Crippen LogP contribution in [-0.4, -0.2) is 11.7 Å². The second kappa shape index (κ2) is 12.0. The van der Waals surface area contributed by atoms with Crippen LogP contribution in [0.3, 0.4) is 0 Å². The van der Waals surface area contributed by atoms with Gasteiger partial charge < -0.3 is 5.32 Å². The van der Waals surface area contributed by atoms with Crippen LogP contribution in [0.5, 0.6) is 0 Å². The topological polar surface area (TPSA) is 29.1 Å². The standard InChI is InChI=1S/C11H21NOS2/c1-2-3-4-5-6-9-12-11(13)8-7-10-15-14/h6,9,14H,2-5,7-8,10H2,1H3,(H,12,13)/b9-6+. The van der Waals surface area contributed by atoms with Gasteiger partial charge >= 0.3 is 0 Å². The number of hydrogen-bond donors (Lipinski definition) is 2. The van der Waals surface area contributed by atoms with E-state index in [2.05, 4.69) is 23.9 Å². The number of carbonyl (C=O) groups excluding carboxylic acids is 1. The van der Waals surface area contributed by atoms with Crippen molar-refractivity contribution in [3.63, 3.8) is 0 Å². The molecule has 0 radical (unpaired) electrons. The summed E-state index contributed by atoms with van der Waals surface area (Å²) < 4.78 is 0. The number of carbonyl (C=O) groups is 1. The number of amides is 1. The van der Waals surface area contributed by atoms with Gasteiger partial charge in [-0.15, -0.1) is 11.7 Å². The first-order valence-electron chi connectivity index (χ1n) is 5.52. The van der Waals surface area contributed by atoms with Gasteiger partial charge in [-0.3, -0.25) is 4.79 Å². The van der Waals surface area contributed by atoms with Gasteiger partial charge in [-0.1, -0.05) is 36.6 Å². The molecule has 1 N–H and O–H groups in total. The van der Waals surface area contributed by atoms with Crippen molar-refractivity contribution in [2.75, 3.05) is 5.75 Å². The molecule has 15 heavy (non-hydrogen) atoms. The number of thiol groups is 1. The lowest BCUT2D eigenvalue weighted by Crippen LogP contribution is -2.16. The van der Waals surface area contributed by atoms with Crippen LogP contribution in [-0.2, 0) is 4.79 Å². The molecule has 0 aliphatic heterocycles. The molecule has 0 saturated heterocycles. The predicted octanol–water partition coefficient (Wildman–Crippen LogP) is 3.55. The summed E-state index contributed by atoms with van der Waals surface area (Å²) in [5, 5.41) is 2.76. The molecule has 0 saturated carbocycles. The number of nitrogens with one attached hydrogen (secondary N) is 1. The molecule has 0 bridgehead atoms. The van der Waals surface area contributed by atoms with E-state index in [0.717, 1.165) is 18.6 Å². The lowest BCUT2D eigenvalue weighted by Gasteiger charge is -1.98. The molecule has 0 heterocycles. The molecular formula is C11H21NOS2. The van der Waals surface area contributed by atoms with E-state index in [4.69, 9.17) is 0 Å². The summed E-state index contributed by atoms with van der Waals surface area (Å²) in [5.74, 6) is 1.03. The van der Waals surface area contributed by atoms with E-state index in [-0.39, 0.29) is 5.91 Å². The first-order chi connectivity index (χ1) is 7.31. The molecule has 0 aromatic rings. The molecule has 0 atom stereocenters. The van der Waals surface area contributed by atoms with E-state index in [1.165, 1.54) is 30.1 Å². The maximum Gasteiger partial charge on any atom is 0.223 e. The first-order valence-corrected chi connectivity index (χ1v) is 7.55. The van der Waals surface area contributed by atoms with Crippen molar-refractivity contribution in [3.05, 3.63) is 12.3 Å². The van der Waals surface area contributed by atoms with E-state index in [9.17, 15) is 4.79 Å². The minimum absolute atomic E-state index is 0.101. The van der Waals surface area contributed by atoms with Gasteiger partial charge in [-0.2, -0.15) is 0 Å². The Balaban J connectivity index is 3.28. The van der Waals surface area contributed by atoms with E-state index in [1.54, 1.807) is 6.20 Å². The summed E-state index contributed by atoms with van der Waals surface area (Å²) in [6.07, 6.45) is 10.0. The third-order valence-corrected chi connectivity index (χ3v) is 2.99. The van der Waals surface area contributed by atoms with E-state index in [1.807, 2.05) is 6.08 Å². The van der Waals surface area contributed by atoms with Gasteiger partial charge in [0.2, 0.25) is 5.91 Å². The van der Waals surface area contributed by atoms with Crippen molar-refractivity contribution in [1.82, 2.24) is 5.32 Å². The quantitative estimate of drug-likeness (QED) is 0.370. The molecule has 0 aromatic carbocycles. The molecule has 2 nitrogen and oxygen atoms in total. The molecule has 88 valence electrons. The highest BCUT2D eigenvalue weighted by molar-refractivity contribution is 8.68. The van der Waals surface area contributed by atoms with Crippen LogP contribution in [0.15, 0.2) is 12.3 Å². The molecule has 1 amide bonds. The van der Waals surface area contributed by atoms with Gasteiger partial charge in [0.1, 0.15) is 0 Å². The van der Waals surface area contributed by atoms with E-state index in [0.29, 0.717) is 6.42 Å². The second-order valence-corrected chi connectivity index (χ2v) is 4.84. The zero-order valence-corrected chi connectivity index (χ0v) is 11.1. The summed E-state index contributed by atoms with van der Waals surface area (Å²) in [7, 11) is 1.48. The van der Waals surface area contributed by atoms with Crippen LogP contribution in [0.25, 0.3) is 0 Å². The number of unbranched alkanes of at least 4 members (excludes halogenated alkanes) is 3. The Morgan fingerprint density at radius 2 is 2.20 bits per heavy atom. The zero-order valence-electron chi connectivity index (χ0n) is 9.37. The molecule has 4 heteroatoms. The van der Waals surface area contributed by atoms with Gasteiger partial charge in [-0.05, 0) is 25.5 Å². The van der Waals surface area contributed by atoms with Gasteiger partial charge in [0, 0.05) is 12.2 Å². The van der Waals surface area contributed by atoms with Gasteiger partial charge in [-0.25, -0.2) is 0 Å². The van der Waals surface area contributed by atoms with Crippen molar-refractivity contribution in [1.29, 1.82) is 0 Å². The third kappa shape index (κ3) is 11.8. The van der Waals surface area contributed by atoms with Gasteiger partial charge in [0.05, 0.1) is 0 Å². The maximum atomic E-state index is 11.2. The Morgan fingerprint density at radius 3 is 2.87 bits per heavy atom. The normalized spacial score (nSPS) is 10.8. The van der Waals surface area contributed by atoms with Gasteiger partial charge in [0.25, 0.3) is 0 Å². The molecule has 0 aromatic heterocycles. The zero-order chi connectivity index (χ0) is 11.4. The second-order valence-electron chi connectivity index (χ2n) is 3.40. The number of hydrogen-bond acceptors (Lipinski definition) is 3. The monoisotopic (exact) mass is 247 g/mol. The SMILES string of the molecule is CCCCC/C=C/NC(=O)CCCSS. The Hall–Kier alpha value is -0.0900. The largest absolute Gasteiger partial charge is 0.333 e. The predicted molar refractivity (Wildman–Crippen MR) is 72.1 cm³/mol. The van der Waals surface area contributed by atoms with Gasteiger partial charge in [0.15, 0.2) is 0 Å². The fraction of sp³-hybridized carbons (Fsp3) is 0.727. The van der Waals surface area contributed by atoms with Crippen LogP contribution < -0.4 is 5.32 Å². The van der Waals surface area contributed by atoms with Crippen molar-refractivity contribution < 1.29 is 4.79 Å². The fourth-order valence-electron chi connectivity index (χ4n) is 1.12. The summed E-state index contributed by atoms with van der Waals surface area (Å²) in [4.78, 5) is 11.2. The minimum Gasteiger partial charge on any atom is -0.333 e. The van der Waals surface area contributed by atoms with Crippen molar-refractivity contribution in [2.24, 2.45) is 0 Å². The highest BCUT2D eigenvalue weighted by Gasteiger charge is 1.96. The molecule has 0 fully saturated rings. The first kappa shape index (κ1) is 14.9. The van der Waals surface area contributed by atoms with E-state index >= 15 is 0 Å². The Labute approximate surface area is 102 Å². The van der Waals surface area contributed by atoms with Crippen molar-refractivity contribution in [3.8, 4) is 0 Å². The Bertz CT molecular complexity index is 183. The fourth-order valence-corrected chi connectivity index (χ4v) is 1.78. The lowest BCUT2D eigenvalue weighted by atomic mass is 10.2. The van der Waals surface area contributed by atoms with Crippen LogP contribution >= 0.6 is 22.5 Å². The summed E-state index contributed by atoms with van der Waals surface area (Å²) in [6.45, 7) is 2.19. The molecule has 0 unspecified atom stereocenters. The molecule has 0 rings (SSSR count). The van der Waals surface area contributed by atoms with Crippen LogP contribution in [0.2, 0.25) is 0 Å². The molecule has 0 aliphatic rings. The summed E-state index contributed by atoms with van der Waals surface area (Å²) >= 11 is 4.01. The maximum absolute atomic E-state index is 11.2. The minimum atomic E-state index is 0.101. The highest BCUT2D eigenvalue weighted by Crippen LogP contribution is 2.07. The number of rotatable bonds is 9. The van der Waals surface area contributed by atoms with Crippen molar-refractivity contribution in [2.45, 2.75) is 45.4 Å². The average Bonchev–Trinajstić information content (AvgIpc) is 2.23. The summed E-state index contributed by atoms with van der Waals surface area (Å²) in [6, 6.07) is 0. The lowest BCUT2D eigenvalue weighted by molar-refractivity contribution is -0.120. The average molecular weight is 247 g/mol. The van der Waals surface area contributed by atoms with Crippen molar-refractivity contribution >= 4 is 28.4 Å². The molecule has 0 aliphatic carbocycles. The number of allylic oxidation sites excluding steroid dienone is 1. The molecule has 0 spiro atoms. The Kier molecular flexibility index (Phi) is 11.9.